The SMILES string of the molecule is CCCOc1ccccc1C(N)c1ccccc1SC. The standard InChI is InChI=1S/C17H21NOS/c1-3-12-19-15-10-6-4-8-13(15)17(18)14-9-5-7-11-16(14)20-2/h4-11,17H,3,12,18H2,1-2H3. The molecular weight excluding hydrogens is 266 g/mol. The van der Waals surface area contributed by atoms with Crippen LogP contribution in [0.3, 0.4) is 0 Å². The van der Waals surface area contributed by atoms with Crippen LogP contribution in [0, 0.1) is 0 Å². The van der Waals surface area contributed by atoms with E-state index < -0.39 is 0 Å². The first-order valence-electron chi connectivity index (χ1n) is 6.88. The van der Waals surface area contributed by atoms with Gasteiger partial charge in [-0.25, -0.2) is 0 Å². The van der Waals surface area contributed by atoms with Crippen molar-refractivity contribution in [3.63, 3.8) is 0 Å². The van der Waals surface area contributed by atoms with Crippen LogP contribution in [0.25, 0.3) is 0 Å². The van der Waals surface area contributed by atoms with E-state index in [1.807, 2.05) is 36.4 Å². The normalized spacial score (nSPS) is 12.2. The van der Waals surface area contributed by atoms with Gasteiger partial charge in [-0.1, -0.05) is 43.3 Å². The molecular formula is C17H21NOS. The van der Waals surface area contributed by atoms with Crippen molar-refractivity contribution in [3.05, 3.63) is 59.7 Å². The van der Waals surface area contributed by atoms with Crippen molar-refractivity contribution in [3.8, 4) is 5.75 Å². The summed E-state index contributed by atoms with van der Waals surface area (Å²) in [5.41, 5.74) is 8.66. The summed E-state index contributed by atoms with van der Waals surface area (Å²) in [5, 5.41) is 0. The first-order chi connectivity index (χ1) is 9.77. The largest absolute Gasteiger partial charge is 0.493 e. The molecule has 0 fully saturated rings. The molecule has 2 N–H and O–H groups in total. The molecule has 1 unspecified atom stereocenters. The van der Waals surface area contributed by atoms with Gasteiger partial charge in [-0.2, -0.15) is 0 Å². The molecule has 0 heterocycles. The van der Waals surface area contributed by atoms with Crippen LogP contribution in [0.1, 0.15) is 30.5 Å². The second-order valence-electron chi connectivity index (χ2n) is 4.61. The molecule has 2 rings (SSSR count). The lowest BCUT2D eigenvalue weighted by Crippen LogP contribution is -2.14. The van der Waals surface area contributed by atoms with Gasteiger partial charge in [0.25, 0.3) is 0 Å². The Morgan fingerprint density at radius 1 is 1.05 bits per heavy atom. The van der Waals surface area contributed by atoms with Crippen LogP contribution in [-0.2, 0) is 0 Å². The van der Waals surface area contributed by atoms with Gasteiger partial charge >= 0.3 is 0 Å². The average molecular weight is 287 g/mol. The van der Waals surface area contributed by atoms with Gasteiger partial charge in [0.2, 0.25) is 0 Å². The number of ether oxygens (including phenoxy) is 1. The number of hydrogen-bond donors (Lipinski definition) is 1. The highest BCUT2D eigenvalue weighted by atomic mass is 32.2. The van der Waals surface area contributed by atoms with Crippen molar-refractivity contribution < 1.29 is 4.74 Å². The average Bonchev–Trinajstić information content (AvgIpc) is 2.52. The first-order valence-corrected chi connectivity index (χ1v) is 8.10. The number of nitrogens with two attached hydrogens (primary N) is 1. The van der Waals surface area contributed by atoms with Crippen molar-refractivity contribution in [2.45, 2.75) is 24.3 Å². The minimum absolute atomic E-state index is 0.160. The van der Waals surface area contributed by atoms with Crippen LogP contribution in [0.4, 0.5) is 0 Å². The van der Waals surface area contributed by atoms with Gasteiger partial charge in [0.1, 0.15) is 5.75 Å². The van der Waals surface area contributed by atoms with Crippen LogP contribution in [0.15, 0.2) is 53.4 Å². The topological polar surface area (TPSA) is 35.2 Å². The molecule has 0 aliphatic rings. The zero-order valence-electron chi connectivity index (χ0n) is 12.0. The summed E-state index contributed by atoms with van der Waals surface area (Å²) in [5.74, 6) is 0.887. The number of hydrogen-bond acceptors (Lipinski definition) is 3. The molecule has 0 saturated heterocycles. The summed E-state index contributed by atoms with van der Waals surface area (Å²) in [7, 11) is 0. The van der Waals surface area contributed by atoms with Crippen molar-refractivity contribution in [1.82, 2.24) is 0 Å². The molecule has 20 heavy (non-hydrogen) atoms. The first kappa shape index (κ1) is 14.9. The molecule has 1 atom stereocenters. The quantitative estimate of drug-likeness (QED) is 0.807. The lowest BCUT2D eigenvalue weighted by atomic mass is 9.99. The number of benzene rings is 2. The lowest BCUT2D eigenvalue weighted by Gasteiger charge is -2.19. The fourth-order valence-electron chi connectivity index (χ4n) is 2.17. The predicted molar refractivity (Wildman–Crippen MR) is 86.5 cm³/mol. The van der Waals surface area contributed by atoms with E-state index in [1.54, 1.807) is 11.8 Å². The van der Waals surface area contributed by atoms with Gasteiger partial charge in [0, 0.05) is 10.5 Å². The van der Waals surface area contributed by atoms with E-state index >= 15 is 0 Å². The molecule has 0 spiro atoms. The zero-order chi connectivity index (χ0) is 14.4. The van der Waals surface area contributed by atoms with E-state index in [4.69, 9.17) is 10.5 Å². The van der Waals surface area contributed by atoms with Crippen LogP contribution in [0.5, 0.6) is 5.75 Å². The lowest BCUT2D eigenvalue weighted by molar-refractivity contribution is 0.313. The minimum Gasteiger partial charge on any atom is -0.493 e. The molecule has 106 valence electrons. The summed E-state index contributed by atoms with van der Waals surface area (Å²) in [4.78, 5) is 1.21. The van der Waals surface area contributed by atoms with Crippen molar-refractivity contribution in [2.75, 3.05) is 12.9 Å². The third kappa shape index (κ3) is 3.35. The van der Waals surface area contributed by atoms with Gasteiger partial charge in [0.15, 0.2) is 0 Å². The minimum atomic E-state index is -0.160. The smallest absolute Gasteiger partial charge is 0.124 e. The summed E-state index contributed by atoms with van der Waals surface area (Å²) >= 11 is 1.72. The second kappa shape index (κ2) is 7.36. The van der Waals surface area contributed by atoms with Gasteiger partial charge in [-0.05, 0) is 30.4 Å². The van der Waals surface area contributed by atoms with Gasteiger partial charge in [0.05, 0.1) is 12.6 Å². The van der Waals surface area contributed by atoms with Gasteiger partial charge in [-0.15, -0.1) is 11.8 Å². The fraction of sp³-hybridized carbons (Fsp3) is 0.294. The molecule has 0 amide bonds. The maximum Gasteiger partial charge on any atom is 0.124 e. The maximum atomic E-state index is 6.47. The Morgan fingerprint density at radius 3 is 2.40 bits per heavy atom. The molecule has 2 aromatic carbocycles. The Morgan fingerprint density at radius 2 is 1.70 bits per heavy atom. The highest BCUT2D eigenvalue weighted by Gasteiger charge is 2.16. The van der Waals surface area contributed by atoms with E-state index in [0.29, 0.717) is 6.61 Å². The van der Waals surface area contributed by atoms with Crippen LogP contribution in [0.2, 0.25) is 0 Å². The molecule has 0 aliphatic carbocycles. The summed E-state index contributed by atoms with van der Waals surface area (Å²) < 4.78 is 5.82. The molecule has 0 aromatic heterocycles. The number of thioether (sulfide) groups is 1. The third-order valence-electron chi connectivity index (χ3n) is 3.19. The third-order valence-corrected chi connectivity index (χ3v) is 4.00. The van der Waals surface area contributed by atoms with Crippen LogP contribution >= 0.6 is 11.8 Å². The van der Waals surface area contributed by atoms with Crippen molar-refractivity contribution in [1.29, 1.82) is 0 Å². The number of rotatable bonds is 6. The van der Waals surface area contributed by atoms with Gasteiger partial charge < -0.3 is 10.5 Å². The second-order valence-corrected chi connectivity index (χ2v) is 5.45. The molecule has 3 heteroatoms. The van der Waals surface area contributed by atoms with E-state index in [9.17, 15) is 0 Å². The molecule has 0 bridgehead atoms. The molecule has 2 aromatic rings. The van der Waals surface area contributed by atoms with E-state index in [-0.39, 0.29) is 6.04 Å². The van der Waals surface area contributed by atoms with E-state index in [2.05, 4.69) is 25.3 Å². The van der Waals surface area contributed by atoms with E-state index in [1.165, 1.54) is 4.90 Å². The molecule has 0 radical (unpaired) electrons. The number of para-hydroxylation sites is 1. The maximum absolute atomic E-state index is 6.47. The highest BCUT2D eigenvalue weighted by molar-refractivity contribution is 7.98. The van der Waals surface area contributed by atoms with Crippen LogP contribution < -0.4 is 10.5 Å². The van der Waals surface area contributed by atoms with Gasteiger partial charge in [-0.3, -0.25) is 0 Å². The van der Waals surface area contributed by atoms with Crippen LogP contribution in [-0.4, -0.2) is 12.9 Å². The summed E-state index contributed by atoms with van der Waals surface area (Å²) in [6, 6.07) is 16.2. The molecule has 0 saturated carbocycles. The Hall–Kier alpha value is -1.45. The highest BCUT2D eigenvalue weighted by Crippen LogP contribution is 2.33. The monoisotopic (exact) mass is 287 g/mol. The Kier molecular flexibility index (Phi) is 5.50. The summed E-state index contributed by atoms with van der Waals surface area (Å²) in [6.07, 6.45) is 3.07. The Bertz CT molecular complexity index is 556. The zero-order valence-corrected chi connectivity index (χ0v) is 12.8. The van der Waals surface area contributed by atoms with Crippen molar-refractivity contribution in [2.24, 2.45) is 5.73 Å². The van der Waals surface area contributed by atoms with E-state index in [0.717, 1.165) is 23.3 Å². The predicted octanol–water partition coefficient (Wildman–Crippen LogP) is 4.25. The summed E-state index contributed by atoms with van der Waals surface area (Å²) in [6.45, 7) is 2.82. The molecule has 2 nitrogen and oxygen atoms in total. The van der Waals surface area contributed by atoms with Crippen molar-refractivity contribution >= 4 is 11.8 Å². The Labute approximate surface area is 125 Å². The molecule has 0 aliphatic heterocycles. The Balaban J connectivity index is 2.35. The fourth-order valence-corrected chi connectivity index (χ4v) is 2.82.